The first kappa shape index (κ1) is 12.4. The number of anilines is 1. The maximum absolute atomic E-state index is 13.9. The molecule has 20 heavy (non-hydrogen) atoms. The highest BCUT2D eigenvalue weighted by Crippen LogP contribution is 2.39. The summed E-state index contributed by atoms with van der Waals surface area (Å²) in [5.41, 5.74) is 6.88. The summed E-state index contributed by atoms with van der Waals surface area (Å²) in [5, 5.41) is 3.64. The second-order valence-electron chi connectivity index (χ2n) is 4.33. The van der Waals surface area contributed by atoms with Gasteiger partial charge >= 0.3 is 0 Å². The summed E-state index contributed by atoms with van der Waals surface area (Å²) < 4.78 is 37.4. The van der Waals surface area contributed by atoms with Crippen LogP contribution in [0.1, 0.15) is 5.56 Å². The van der Waals surface area contributed by atoms with Gasteiger partial charge in [-0.2, -0.15) is 0 Å². The Morgan fingerprint density at radius 1 is 1.15 bits per heavy atom. The van der Waals surface area contributed by atoms with Crippen LogP contribution in [-0.2, 0) is 0 Å². The van der Waals surface area contributed by atoms with Crippen LogP contribution in [-0.4, -0.2) is 5.16 Å². The Morgan fingerprint density at radius 3 is 2.60 bits per heavy atom. The first-order valence-electron chi connectivity index (χ1n) is 5.83. The van der Waals surface area contributed by atoms with E-state index in [4.69, 9.17) is 14.7 Å². The lowest BCUT2D eigenvalue weighted by molar-refractivity contribution is 0.420. The van der Waals surface area contributed by atoms with E-state index in [9.17, 15) is 8.78 Å². The maximum Gasteiger partial charge on any atom is 0.212 e. The van der Waals surface area contributed by atoms with Crippen LogP contribution in [0, 0.1) is 18.6 Å². The number of aryl methyl sites for hydroxylation is 1. The fourth-order valence-corrected chi connectivity index (χ4v) is 2.02. The zero-order valence-corrected chi connectivity index (χ0v) is 10.5. The van der Waals surface area contributed by atoms with Crippen LogP contribution in [0.5, 0.6) is 0 Å². The number of hydrogen-bond acceptors (Lipinski definition) is 4. The number of nitrogen functional groups attached to an aromatic ring is 1. The molecular formula is C14H10F2N2O2. The molecule has 3 aromatic rings. The van der Waals surface area contributed by atoms with Gasteiger partial charge in [0.2, 0.25) is 5.76 Å². The standard InChI is InChI=1S/C14H10F2N2O2/c1-7-4-5-19-12(7)13-11(14(17)18-20-13)9-3-2-8(15)6-10(9)16/h2-6H,1H3,(H2,17,18). The predicted octanol–water partition coefficient (Wildman–Crippen LogP) is 3.77. The average molecular weight is 276 g/mol. The summed E-state index contributed by atoms with van der Waals surface area (Å²) in [6.45, 7) is 1.81. The minimum Gasteiger partial charge on any atom is -0.461 e. The van der Waals surface area contributed by atoms with E-state index < -0.39 is 11.6 Å². The number of hydrogen-bond donors (Lipinski definition) is 1. The molecule has 0 aliphatic carbocycles. The van der Waals surface area contributed by atoms with Gasteiger partial charge in [-0.05, 0) is 30.7 Å². The zero-order chi connectivity index (χ0) is 14.3. The Kier molecular flexibility index (Phi) is 2.78. The maximum atomic E-state index is 13.9. The quantitative estimate of drug-likeness (QED) is 0.773. The van der Waals surface area contributed by atoms with Crippen LogP contribution in [0.15, 0.2) is 39.5 Å². The van der Waals surface area contributed by atoms with Gasteiger partial charge < -0.3 is 14.7 Å². The third-order valence-electron chi connectivity index (χ3n) is 2.99. The molecule has 0 spiro atoms. The van der Waals surface area contributed by atoms with E-state index in [0.29, 0.717) is 5.76 Å². The third-order valence-corrected chi connectivity index (χ3v) is 2.99. The van der Waals surface area contributed by atoms with Crippen molar-refractivity contribution in [1.82, 2.24) is 5.16 Å². The Balaban J connectivity index is 2.24. The highest BCUT2D eigenvalue weighted by atomic mass is 19.1. The Labute approximate surface area is 112 Å². The number of nitrogens with zero attached hydrogens (tertiary/aromatic N) is 1. The number of nitrogens with two attached hydrogens (primary N) is 1. The van der Waals surface area contributed by atoms with Crippen LogP contribution < -0.4 is 5.73 Å². The van der Waals surface area contributed by atoms with Crippen molar-refractivity contribution >= 4 is 5.82 Å². The molecule has 2 heterocycles. The molecule has 0 fully saturated rings. The molecule has 102 valence electrons. The molecule has 0 atom stereocenters. The molecule has 0 aliphatic rings. The average Bonchev–Trinajstić information content (AvgIpc) is 2.96. The predicted molar refractivity (Wildman–Crippen MR) is 68.7 cm³/mol. The van der Waals surface area contributed by atoms with Crippen LogP contribution >= 0.6 is 0 Å². The van der Waals surface area contributed by atoms with Gasteiger partial charge in [-0.1, -0.05) is 5.16 Å². The molecule has 0 saturated carbocycles. The van der Waals surface area contributed by atoms with Gasteiger partial charge in [-0.15, -0.1) is 0 Å². The molecule has 0 saturated heterocycles. The van der Waals surface area contributed by atoms with E-state index >= 15 is 0 Å². The lowest BCUT2D eigenvalue weighted by Crippen LogP contribution is -1.92. The molecule has 0 aliphatic heterocycles. The molecule has 0 radical (unpaired) electrons. The van der Waals surface area contributed by atoms with Gasteiger partial charge in [-0.3, -0.25) is 0 Å². The van der Waals surface area contributed by atoms with E-state index in [1.54, 1.807) is 6.07 Å². The van der Waals surface area contributed by atoms with Crippen molar-refractivity contribution in [3.05, 3.63) is 47.7 Å². The molecule has 0 bridgehead atoms. The number of rotatable bonds is 2. The van der Waals surface area contributed by atoms with Crippen LogP contribution in [0.2, 0.25) is 0 Å². The van der Waals surface area contributed by atoms with Crippen molar-refractivity contribution in [3.63, 3.8) is 0 Å². The third kappa shape index (κ3) is 1.85. The van der Waals surface area contributed by atoms with Crippen molar-refractivity contribution in [1.29, 1.82) is 0 Å². The normalized spacial score (nSPS) is 10.9. The van der Waals surface area contributed by atoms with Gasteiger partial charge in [0.25, 0.3) is 0 Å². The van der Waals surface area contributed by atoms with Crippen LogP contribution in [0.3, 0.4) is 0 Å². The molecule has 0 unspecified atom stereocenters. The summed E-state index contributed by atoms with van der Waals surface area (Å²) in [6.07, 6.45) is 1.48. The minimum atomic E-state index is -0.745. The Hall–Kier alpha value is -2.63. The van der Waals surface area contributed by atoms with Gasteiger partial charge in [0, 0.05) is 11.6 Å². The molecule has 4 nitrogen and oxygen atoms in total. The molecule has 2 N–H and O–H groups in total. The topological polar surface area (TPSA) is 65.2 Å². The van der Waals surface area contributed by atoms with Crippen molar-refractivity contribution in [2.24, 2.45) is 0 Å². The molecular weight excluding hydrogens is 266 g/mol. The smallest absolute Gasteiger partial charge is 0.212 e. The molecule has 2 aromatic heterocycles. The summed E-state index contributed by atoms with van der Waals surface area (Å²) in [7, 11) is 0. The number of halogens is 2. The van der Waals surface area contributed by atoms with E-state index in [1.807, 2.05) is 6.92 Å². The first-order valence-corrected chi connectivity index (χ1v) is 5.83. The van der Waals surface area contributed by atoms with E-state index in [0.717, 1.165) is 17.7 Å². The largest absolute Gasteiger partial charge is 0.461 e. The second-order valence-corrected chi connectivity index (χ2v) is 4.33. The summed E-state index contributed by atoms with van der Waals surface area (Å²) >= 11 is 0. The second kappa shape index (κ2) is 4.48. The summed E-state index contributed by atoms with van der Waals surface area (Å²) in [5.74, 6) is -0.771. The molecule has 6 heteroatoms. The van der Waals surface area contributed by atoms with E-state index in [1.165, 1.54) is 12.3 Å². The first-order chi connectivity index (χ1) is 9.58. The van der Waals surface area contributed by atoms with E-state index in [-0.39, 0.29) is 22.7 Å². The fraction of sp³-hybridized carbons (Fsp3) is 0.0714. The number of furan rings is 1. The lowest BCUT2D eigenvalue weighted by Gasteiger charge is -2.03. The number of aromatic nitrogens is 1. The fourth-order valence-electron chi connectivity index (χ4n) is 2.02. The number of benzene rings is 1. The zero-order valence-electron chi connectivity index (χ0n) is 10.5. The summed E-state index contributed by atoms with van der Waals surface area (Å²) in [6, 6.07) is 4.94. The van der Waals surface area contributed by atoms with Crippen LogP contribution in [0.25, 0.3) is 22.6 Å². The Morgan fingerprint density at radius 2 is 1.95 bits per heavy atom. The van der Waals surface area contributed by atoms with Gasteiger partial charge in [0.1, 0.15) is 11.6 Å². The SMILES string of the molecule is Cc1ccoc1-c1onc(N)c1-c1ccc(F)cc1F. The van der Waals surface area contributed by atoms with Gasteiger partial charge in [-0.25, -0.2) is 8.78 Å². The Bertz CT molecular complexity index is 777. The van der Waals surface area contributed by atoms with Crippen molar-refractivity contribution < 1.29 is 17.7 Å². The molecule has 1 aromatic carbocycles. The van der Waals surface area contributed by atoms with Gasteiger partial charge in [0.15, 0.2) is 11.6 Å². The highest BCUT2D eigenvalue weighted by Gasteiger charge is 2.23. The summed E-state index contributed by atoms with van der Waals surface area (Å²) in [4.78, 5) is 0. The monoisotopic (exact) mass is 276 g/mol. The molecule has 3 rings (SSSR count). The van der Waals surface area contributed by atoms with Crippen molar-refractivity contribution in [3.8, 4) is 22.6 Å². The van der Waals surface area contributed by atoms with Crippen molar-refractivity contribution in [2.45, 2.75) is 6.92 Å². The highest BCUT2D eigenvalue weighted by molar-refractivity contribution is 5.86. The van der Waals surface area contributed by atoms with E-state index in [2.05, 4.69) is 5.16 Å². The minimum absolute atomic E-state index is 0.0151. The molecule has 0 amide bonds. The van der Waals surface area contributed by atoms with Crippen LogP contribution in [0.4, 0.5) is 14.6 Å². The van der Waals surface area contributed by atoms with Gasteiger partial charge in [0.05, 0.1) is 11.8 Å². The lowest BCUT2D eigenvalue weighted by atomic mass is 10.0. The van der Waals surface area contributed by atoms with Crippen molar-refractivity contribution in [2.75, 3.05) is 5.73 Å².